The second-order valence-electron chi connectivity index (χ2n) is 4.06. The van der Waals surface area contributed by atoms with Gasteiger partial charge in [0.15, 0.2) is 5.96 Å². The lowest BCUT2D eigenvalue weighted by atomic mass is 10.4. The van der Waals surface area contributed by atoms with E-state index in [1.165, 1.54) is 7.05 Å². The Balaban J connectivity index is 3.60. The first kappa shape index (κ1) is 17.0. The van der Waals surface area contributed by atoms with Crippen molar-refractivity contribution in [2.75, 3.05) is 26.7 Å². The van der Waals surface area contributed by atoms with Gasteiger partial charge in [-0.25, -0.2) is 0 Å². The zero-order valence-corrected chi connectivity index (χ0v) is 11.1. The lowest BCUT2D eigenvalue weighted by Crippen LogP contribution is -2.39. The molecule has 0 fully saturated rings. The minimum atomic E-state index is -4.14. The molecule has 0 aromatic heterocycles. The first-order valence-electron chi connectivity index (χ1n) is 5.98. The topological polar surface area (TPSA) is 45.7 Å². The fourth-order valence-electron chi connectivity index (χ4n) is 1.14. The van der Waals surface area contributed by atoms with E-state index in [1.807, 2.05) is 13.8 Å². The molecule has 108 valence electrons. The number of rotatable bonds is 7. The molecule has 0 aromatic rings. The Kier molecular flexibility index (Phi) is 8.53. The predicted octanol–water partition coefficient (Wildman–Crippen LogP) is 1.92. The van der Waals surface area contributed by atoms with Gasteiger partial charge in [0.1, 0.15) is 0 Å². The number of guanidine groups is 1. The Morgan fingerprint density at radius 1 is 1.22 bits per heavy atom. The molecule has 0 radical (unpaired) electrons. The van der Waals surface area contributed by atoms with Crippen LogP contribution < -0.4 is 10.6 Å². The molecule has 4 nitrogen and oxygen atoms in total. The van der Waals surface area contributed by atoms with Crippen LogP contribution in [0.25, 0.3) is 0 Å². The first-order chi connectivity index (χ1) is 8.35. The third-order valence-electron chi connectivity index (χ3n) is 1.99. The van der Waals surface area contributed by atoms with Crippen LogP contribution in [0, 0.1) is 0 Å². The van der Waals surface area contributed by atoms with Gasteiger partial charge in [-0.1, -0.05) is 0 Å². The molecule has 0 aromatic carbocycles. The molecule has 0 aliphatic carbocycles. The maximum atomic E-state index is 11.9. The van der Waals surface area contributed by atoms with E-state index in [0.29, 0.717) is 19.1 Å². The van der Waals surface area contributed by atoms with Crippen LogP contribution in [0.4, 0.5) is 13.2 Å². The van der Waals surface area contributed by atoms with Crippen molar-refractivity contribution < 1.29 is 17.9 Å². The van der Waals surface area contributed by atoms with Gasteiger partial charge in [-0.15, -0.1) is 0 Å². The molecule has 0 amide bonds. The largest absolute Gasteiger partial charge is 0.390 e. The van der Waals surface area contributed by atoms with Crippen LogP contribution in [0.3, 0.4) is 0 Å². The lowest BCUT2D eigenvalue weighted by Gasteiger charge is -2.13. The van der Waals surface area contributed by atoms with Crippen LogP contribution in [0.2, 0.25) is 0 Å². The maximum absolute atomic E-state index is 11.9. The van der Waals surface area contributed by atoms with Gasteiger partial charge in [-0.05, 0) is 20.3 Å². The van der Waals surface area contributed by atoms with Crippen molar-refractivity contribution in [3.8, 4) is 0 Å². The number of hydrogen-bond acceptors (Lipinski definition) is 2. The van der Waals surface area contributed by atoms with E-state index in [2.05, 4.69) is 15.6 Å². The zero-order valence-electron chi connectivity index (χ0n) is 11.1. The summed E-state index contributed by atoms with van der Waals surface area (Å²) in [5, 5.41) is 5.52. The van der Waals surface area contributed by atoms with Crippen molar-refractivity contribution in [3.63, 3.8) is 0 Å². The van der Waals surface area contributed by atoms with Gasteiger partial charge in [0, 0.05) is 26.7 Å². The molecule has 0 bridgehead atoms. The molecule has 0 spiro atoms. The Hall–Kier alpha value is -0.980. The summed E-state index contributed by atoms with van der Waals surface area (Å²) in [6, 6.07) is 0. The van der Waals surface area contributed by atoms with Crippen molar-refractivity contribution in [1.29, 1.82) is 0 Å². The average molecular weight is 269 g/mol. The number of nitrogens with one attached hydrogen (secondary N) is 2. The molecule has 0 saturated heterocycles. The standard InChI is InChI=1S/C11H22F3N3O/c1-9(2)18-8-4-6-16-10(15-3)17-7-5-11(12,13)14/h9H,4-8H2,1-3H3,(H2,15,16,17). The highest BCUT2D eigenvalue weighted by Gasteiger charge is 2.26. The van der Waals surface area contributed by atoms with E-state index in [9.17, 15) is 13.2 Å². The van der Waals surface area contributed by atoms with Gasteiger partial charge < -0.3 is 15.4 Å². The highest BCUT2D eigenvalue weighted by Crippen LogP contribution is 2.17. The molecule has 0 heterocycles. The van der Waals surface area contributed by atoms with Crippen molar-refractivity contribution in [3.05, 3.63) is 0 Å². The number of nitrogens with zero attached hydrogens (tertiary/aromatic N) is 1. The number of hydrogen-bond donors (Lipinski definition) is 2. The van der Waals surface area contributed by atoms with Crippen LogP contribution in [-0.2, 0) is 4.74 Å². The van der Waals surface area contributed by atoms with E-state index < -0.39 is 12.6 Å². The third kappa shape index (κ3) is 11.5. The van der Waals surface area contributed by atoms with Gasteiger partial charge in [0.25, 0.3) is 0 Å². The monoisotopic (exact) mass is 269 g/mol. The lowest BCUT2D eigenvalue weighted by molar-refractivity contribution is -0.132. The van der Waals surface area contributed by atoms with Gasteiger partial charge in [-0.3, -0.25) is 4.99 Å². The summed E-state index contributed by atoms with van der Waals surface area (Å²) < 4.78 is 41.1. The summed E-state index contributed by atoms with van der Waals surface area (Å²) >= 11 is 0. The number of halogens is 3. The molecular formula is C11H22F3N3O. The minimum absolute atomic E-state index is 0.175. The molecule has 2 N–H and O–H groups in total. The predicted molar refractivity (Wildman–Crippen MR) is 65.7 cm³/mol. The van der Waals surface area contributed by atoms with E-state index in [-0.39, 0.29) is 12.6 Å². The fraction of sp³-hybridized carbons (Fsp3) is 0.909. The highest BCUT2D eigenvalue weighted by atomic mass is 19.4. The first-order valence-corrected chi connectivity index (χ1v) is 5.98. The summed E-state index contributed by atoms with van der Waals surface area (Å²) in [5.41, 5.74) is 0. The van der Waals surface area contributed by atoms with Crippen molar-refractivity contribution in [1.82, 2.24) is 10.6 Å². The summed E-state index contributed by atoms with van der Waals surface area (Å²) in [6.07, 6.45) is -4.05. The maximum Gasteiger partial charge on any atom is 0.390 e. The van der Waals surface area contributed by atoms with Crippen LogP contribution >= 0.6 is 0 Å². The average Bonchev–Trinajstić information content (AvgIpc) is 2.24. The molecule has 0 unspecified atom stereocenters. The molecular weight excluding hydrogens is 247 g/mol. The molecule has 0 rings (SSSR count). The second kappa shape index (κ2) is 9.02. The molecule has 0 aliphatic heterocycles. The minimum Gasteiger partial charge on any atom is -0.379 e. The van der Waals surface area contributed by atoms with Crippen LogP contribution in [0.5, 0.6) is 0 Å². The molecule has 0 atom stereocenters. The molecule has 7 heteroatoms. The highest BCUT2D eigenvalue weighted by molar-refractivity contribution is 5.79. The van der Waals surface area contributed by atoms with Crippen LogP contribution in [-0.4, -0.2) is 45.0 Å². The SMILES string of the molecule is CN=C(NCCCOC(C)C)NCCC(F)(F)F. The number of aliphatic imine (C=N–C) groups is 1. The normalized spacial score (nSPS) is 12.9. The Morgan fingerprint density at radius 2 is 1.83 bits per heavy atom. The molecule has 0 aliphatic rings. The van der Waals surface area contributed by atoms with E-state index in [4.69, 9.17) is 4.74 Å². The summed E-state index contributed by atoms with van der Waals surface area (Å²) in [6.45, 7) is 4.95. The van der Waals surface area contributed by atoms with Crippen LogP contribution in [0.15, 0.2) is 4.99 Å². The quantitative estimate of drug-likeness (QED) is 0.422. The van der Waals surface area contributed by atoms with Crippen molar-refractivity contribution in [2.24, 2.45) is 4.99 Å². The second-order valence-corrected chi connectivity index (χ2v) is 4.06. The summed E-state index contributed by atoms with van der Waals surface area (Å²) in [4.78, 5) is 3.83. The van der Waals surface area contributed by atoms with Crippen molar-refractivity contribution in [2.45, 2.75) is 39.0 Å². The smallest absolute Gasteiger partial charge is 0.379 e. The Morgan fingerprint density at radius 3 is 2.33 bits per heavy atom. The molecule has 0 saturated carbocycles. The third-order valence-corrected chi connectivity index (χ3v) is 1.99. The van der Waals surface area contributed by atoms with Gasteiger partial charge in [0.2, 0.25) is 0 Å². The fourth-order valence-corrected chi connectivity index (χ4v) is 1.14. The van der Waals surface area contributed by atoms with E-state index in [0.717, 1.165) is 6.42 Å². The molecule has 18 heavy (non-hydrogen) atoms. The summed E-state index contributed by atoms with van der Waals surface area (Å²) in [5.74, 6) is 0.379. The summed E-state index contributed by atoms with van der Waals surface area (Å²) in [7, 11) is 1.52. The van der Waals surface area contributed by atoms with Crippen molar-refractivity contribution >= 4 is 5.96 Å². The van der Waals surface area contributed by atoms with E-state index in [1.54, 1.807) is 0 Å². The van der Waals surface area contributed by atoms with E-state index >= 15 is 0 Å². The van der Waals surface area contributed by atoms with Gasteiger partial charge in [-0.2, -0.15) is 13.2 Å². The van der Waals surface area contributed by atoms with Crippen LogP contribution in [0.1, 0.15) is 26.7 Å². The van der Waals surface area contributed by atoms with Gasteiger partial charge in [0.05, 0.1) is 12.5 Å². The zero-order chi connectivity index (χ0) is 14.0. The Labute approximate surface area is 106 Å². The number of ether oxygens (including phenoxy) is 1. The van der Waals surface area contributed by atoms with Gasteiger partial charge >= 0.3 is 6.18 Å². The number of alkyl halides is 3. The Bertz CT molecular complexity index is 242.